The van der Waals surface area contributed by atoms with Gasteiger partial charge in [-0.2, -0.15) is 0 Å². The van der Waals surface area contributed by atoms with Crippen LogP contribution in [0.2, 0.25) is 0 Å². The van der Waals surface area contributed by atoms with Crippen molar-refractivity contribution in [3.8, 4) is 73.0 Å². The van der Waals surface area contributed by atoms with Gasteiger partial charge in [0.15, 0.2) is 0 Å². The molecule has 5 nitrogen and oxygen atoms in total. The second kappa shape index (κ2) is 20.3. The Kier molecular flexibility index (Phi) is 12.7. The van der Waals surface area contributed by atoms with Gasteiger partial charge in [-0.3, -0.25) is 4.57 Å². The van der Waals surface area contributed by atoms with E-state index in [0.29, 0.717) is 18.2 Å². The molecule has 81 heavy (non-hydrogen) atoms. The predicted molar refractivity (Wildman–Crippen MR) is 332 cm³/mol. The summed E-state index contributed by atoms with van der Waals surface area (Å²) in [6, 6.07) is 80.1. The largest absolute Gasteiger partial charge is 0.457 e. The Morgan fingerprint density at radius 3 is 1.51 bits per heavy atom. The van der Waals surface area contributed by atoms with Crippen LogP contribution in [0.25, 0.3) is 83.3 Å². The first-order valence-electron chi connectivity index (χ1n) is 27.6. The molecule has 3 heterocycles. The molecule has 12 aromatic rings. The highest BCUT2D eigenvalue weighted by Gasteiger charge is 2.33. The van der Waals surface area contributed by atoms with Crippen LogP contribution in [0.15, 0.2) is 243 Å². The van der Waals surface area contributed by atoms with Crippen LogP contribution in [0, 0.1) is 11.6 Å². The van der Waals surface area contributed by atoms with Crippen LogP contribution in [0.3, 0.4) is 0 Å². The standard InChI is InChI=1S/C74H60F2N4O/c1-73(2,3)56-35-36-77-71(44-56)80-67-22-14-13-21-63(67)64-34-33-61(46-70(64)80)81-62-41-55(54-38-52(48-17-9-7-10-18-48)37-53(39-54)49-19-11-8-12-20-49)40-60(45-62)78-47-79(69-24-16-15-23-68(69)78)72-65(50-25-29-58(75)30-26-50)42-57(74(4,5)6)43-66(72)51-27-31-59(76)32-28-51/h7-46H,47H2,1-6H3. The van der Waals surface area contributed by atoms with Crippen molar-refractivity contribution >= 4 is 44.6 Å². The zero-order valence-electron chi connectivity index (χ0n) is 46.3. The molecule has 0 amide bonds. The van der Waals surface area contributed by atoms with Crippen LogP contribution < -0.4 is 14.5 Å². The van der Waals surface area contributed by atoms with Crippen LogP contribution in [-0.4, -0.2) is 16.2 Å². The number of pyridine rings is 1. The van der Waals surface area contributed by atoms with Crippen molar-refractivity contribution in [2.75, 3.05) is 16.5 Å². The van der Waals surface area contributed by atoms with Gasteiger partial charge >= 0.3 is 0 Å². The van der Waals surface area contributed by atoms with Gasteiger partial charge in [-0.25, -0.2) is 13.8 Å². The number of benzene rings is 10. The maximum Gasteiger partial charge on any atom is 0.137 e. The summed E-state index contributed by atoms with van der Waals surface area (Å²) in [6.07, 6.45) is 1.91. The van der Waals surface area contributed by atoms with Crippen molar-refractivity contribution < 1.29 is 13.5 Å². The van der Waals surface area contributed by atoms with Gasteiger partial charge in [0.2, 0.25) is 0 Å². The summed E-state index contributed by atoms with van der Waals surface area (Å²) in [5.74, 6) is 1.57. The first-order chi connectivity index (χ1) is 39.2. The lowest BCUT2D eigenvalue weighted by Crippen LogP contribution is -2.25. The minimum absolute atomic E-state index is 0.0739. The highest BCUT2D eigenvalue weighted by Crippen LogP contribution is 2.52. The highest BCUT2D eigenvalue weighted by molar-refractivity contribution is 6.09. The molecule has 10 aromatic carbocycles. The molecule has 0 fully saturated rings. The van der Waals surface area contributed by atoms with Gasteiger partial charge in [0.25, 0.3) is 0 Å². The van der Waals surface area contributed by atoms with E-state index in [2.05, 4.69) is 244 Å². The Balaban J connectivity index is 1.01. The molecule has 0 saturated heterocycles. The van der Waals surface area contributed by atoms with Crippen LogP contribution in [0.4, 0.5) is 31.5 Å². The van der Waals surface area contributed by atoms with Crippen LogP contribution >= 0.6 is 0 Å². The predicted octanol–water partition coefficient (Wildman–Crippen LogP) is 20.4. The third kappa shape index (κ3) is 9.80. The Morgan fingerprint density at radius 2 is 0.914 bits per heavy atom. The Morgan fingerprint density at radius 1 is 0.395 bits per heavy atom. The second-order valence-electron chi connectivity index (χ2n) is 23.2. The van der Waals surface area contributed by atoms with E-state index < -0.39 is 0 Å². The topological polar surface area (TPSA) is 33.5 Å². The van der Waals surface area contributed by atoms with Crippen molar-refractivity contribution in [1.82, 2.24) is 9.55 Å². The summed E-state index contributed by atoms with van der Waals surface area (Å²) in [4.78, 5) is 9.66. The number of rotatable bonds is 10. The summed E-state index contributed by atoms with van der Waals surface area (Å²) in [5.41, 5.74) is 17.9. The van der Waals surface area contributed by atoms with E-state index in [-0.39, 0.29) is 22.5 Å². The van der Waals surface area contributed by atoms with E-state index in [1.165, 1.54) is 29.8 Å². The van der Waals surface area contributed by atoms with E-state index in [4.69, 9.17) is 9.72 Å². The fourth-order valence-corrected chi connectivity index (χ4v) is 11.4. The average molecular weight is 1060 g/mol. The van der Waals surface area contributed by atoms with E-state index in [1.54, 1.807) is 0 Å². The molecule has 396 valence electrons. The quantitative estimate of drug-likeness (QED) is 0.137. The maximum atomic E-state index is 14.8. The van der Waals surface area contributed by atoms with Crippen molar-refractivity contribution in [2.45, 2.75) is 52.4 Å². The van der Waals surface area contributed by atoms with Crippen LogP contribution in [-0.2, 0) is 10.8 Å². The fourth-order valence-electron chi connectivity index (χ4n) is 11.4. The number of ether oxygens (including phenoxy) is 1. The fraction of sp³-hybridized carbons (Fsp3) is 0.122. The number of halogens is 2. The van der Waals surface area contributed by atoms with Gasteiger partial charge in [0.1, 0.15) is 35.6 Å². The molecule has 0 atom stereocenters. The zero-order chi connectivity index (χ0) is 55.6. The third-order valence-corrected chi connectivity index (χ3v) is 15.7. The van der Waals surface area contributed by atoms with Gasteiger partial charge in [0, 0.05) is 45.9 Å². The zero-order valence-corrected chi connectivity index (χ0v) is 46.3. The summed E-state index contributed by atoms with van der Waals surface area (Å²) < 4.78 is 39.1. The number of anilines is 4. The molecule has 0 bridgehead atoms. The smallest absolute Gasteiger partial charge is 0.137 e. The molecule has 1 aliphatic rings. The molecule has 7 heteroatoms. The van der Waals surface area contributed by atoms with E-state index >= 15 is 0 Å². The second-order valence-corrected chi connectivity index (χ2v) is 23.2. The minimum atomic E-state index is -0.308. The van der Waals surface area contributed by atoms with Gasteiger partial charge in [-0.15, -0.1) is 0 Å². The lowest BCUT2D eigenvalue weighted by atomic mass is 9.82. The van der Waals surface area contributed by atoms with Crippen molar-refractivity contribution in [3.63, 3.8) is 0 Å². The Labute approximate surface area is 472 Å². The monoisotopic (exact) mass is 1060 g/mol. The van der Waals surface area contributed by atoms with Crippen LogP contribution in [0.1, 0.15) is 52.7 Å². The average Bonchev–Trinajstić information content (AvgIpc) is 4.28. The number of aromatic nitrogens is 2. The molecule has 13 rings (SSSR count). The van der Waals surface area contributed by atoms with Crippen molar-refractivity contribution in [1.29, 1.82) is 0 Å². The van der Waals surface area contributed by atoms with Crippen molar-refractivity contribution in [3.05, 3.63) is 266 Å². The molecule has 0 N–H and O–H groups in total. The molecular formula is C74H60F2N4O. The molecule has 0 radical (unpaired) electrons. The number of nitrogens with zero attached hydrogens (tertiary/aromatic N) is 4. The van der Waals surface area contributed by atoms with Gasteiger partial charge in [0.05, 0.1) is 28.1 Å². The van der Waals surface area contributed by atoms with E-state index in [0.717, 1.165) is 112 Å². The van der Waals surface area contributed by atoms with E-state index in [9.17, 15) is 8.78 Å². The number of fused-ring (bicyclic) bond motifs is 4. The first-order valence-corrected chi connectivity index (χ1v) is 27.6. The maximum absolute atomic E-state index is 14.8. The SMILES string of the molecule is CC(C)(C)c1ccnc(-n2c3ccccc3c3ccc(Oc4cc(-c5cc(-c6ccccc6)cc(-c6ccccc6)c5)cc(N5CN(c6c(-c7ccc(F)cc7)cc(C(C)(C)C)cc6-c6ccc(F)cc6)c6ccccc65)c4)cc32)c1. The van der Waals surface area contributed by atoms with E-state index in [1.807, 2.05) is 30.5 Å². The highest BCUT2D eigenvalue weighted by atomic mass is 19.1. The lowest BCUT2D eigenvalue weighted by molar-refractivity contribution is 0.483. The molecule has 0 unspecified atom stereocenters. The Bertz CT molecular complexity index is 4200. The Hall–Kier alpha value is -9.59. The summed E-state index contributed by atoms with van der Waals surface area (Å²) in [7, 11) is 0. The molecule has 1 aliphatic heterocycles. The van der Waals surface area contributed by atoms with Crippen molar-refractivity contribution in [2.24, 2.45) is 0 Å². The first kappa shape index (κ1) is 50.9. The number of hydrogen-bond donors (Lipinski definition) is 0. The molecule has 0 saturated carbocycles. The minimum Gasteiger partial charge on any atom is -0.457 e. The van der Waals surface area contributed by atoms with Gasteiger partial charge in [-0.05, 0) is 176 Å². The molecule has 0 spiro atoms. The molecule has 2 aromatic heterocycles. The normalized spacial score (nSPS) is 12.6. The summed E-state index contributed by atoms with van der Waals surface area (Å²) in [6.45, 7) is 13.7. The number of hydrogen-bond acceptors (Lipinski definition) is 4. The molecule has 0 aliphatic carbocycles. The summed E-state index contributed by atoms with van der Waals surface area (Å²) in [5, 5.41) is 2.24. The van der Waals surface area contributed by atoms with Gasteiger partial charge in [-0.1, -0.05) is 157 Å². The number of para-hydroxylation sites is 3. The van der Waals surface area contributed by atoms with Gasteiger partial charge < -0.3 is 14.5 Å². The third-order valence-electron chi connectivity index (χ3n) is 15.7. The van der Waals surface area contributed by atoms with Crippen LogP contribution in [0.5, 0.6) is 11.5 Å². The molecular weight excluding hydrogens is 999 g/mol. The lowest BCUT2D eigenvalue weighted by Gasteiger charge is -2.30. The summed E-state index contributed by atoms with van der Waals surface area (Å²) >= 11 is 0.